The first-order chi connectivity index (χ1) is 16.6. The minimum atomic E-state index is -4.42. The number of nitrogens with one attached hydrogen (secondary N) is 2. The molecule has 0 spiro atoms. The Morgan fingerprint density at radius 3 is 2.29 bits per heavy atom. The maximum absolute atomic E-state index is 13.1. The second-order valence-electron chi connectivity index (χ2n) is 9.09. The van der Waals surface area contributed by atoms with Crippen molar-refractivity contribution in [3.05, 3.63) is 70.8 Å². The molecule has 0 aromatic heterocycles. The predicted octanol–water partition coefficient (Wildman–Crippen LogP) is 3.96. The summed E-state index contributed by atoms with van der Waals surface area (Å²) in [6, 6.07) is 11.0. The molecule has 0 aliphatic carbocycles. The average Bonchev–Trinajstić information content (AvgIpc) is 2.82. The summed E-state index contributed by atoms with van der Waals surface area (Å²) in [5.41, 5.74) is 1.36. The van der Waals surface area contributed by atoms with Crippen LogP contribution in [0.5, 0.6) is 0 Å². The second kappa shape index (κ2) is 11.7. The summed E-state index contributed by atoms with van der Waals surface area (Å²) in [7, 11) is 0. The first-order valence-corrected chi connectivity index (χ1v) is 11.7. The number of amides is 2. The summed E-state index contributed by atoms with van der Waals surface area (Å²) in [5.74, 6) is -0.849. The van der Waals surface area contributed by atoms with Crippen LogP contribution < -0.4 is 10.6 Å². The lowest BCUT2D eigenvalue weighted by Gasteiger charge is -2.35. The molecule has 35 heavy (non-hydrogen) atoms. The zero-order chi connectivity index (χ0) is 25.6. The van der Waals surface area contributed by atoms with Gasteiger partial charge in [-0.3, -0.25) is 14.5 Å². The third-order valence-corrected chi connectivity index (χ3v) is 6.09. The van der Waals surface area contributed by atoms with Gasteiger partial charge in [-0.15, -0.1) is 0 Å². The van der Waals surface area contributed by atoms with Crippen LogP contribution in [-0.2, 0) is 15.7 Å². The van der Waals surface area contributed by atoms with Crippen molar-refractivity contribution in [3.8, 4) is 0 Å². The minimum absolute atomic E-state index is 0.170. The second-order valence-corrected chi connectivity index (χ2v) is 9.09. The normalized spacial score (nSPS) is 16.5. The Morgan fingerprint density at radius 2 is 1.71 bits per heavy atom. The van der Waals surface area contributed by atoms with Crippen molar-refractivity contribution in [1.29, 1.82) is 0 Å². The molecule has 0 bridgehead atoms. The van der Waals surface area contributed by atoms with Gasteiger partial charge in [0.2, 0.25) is 5.91 Å². The maximum Gasteiger partial charge on any atom is 0.416 e. The Balaban J connectivity index is 1.73. The molecular formula is C26H32F3N3O3. The van der Waals surface area contributed by atoms with Gasteiger partial charge >= 0.3 is 6.18 Å². The number of aryl methyl sites for hydroxylation is 1. The summed E-state index contributed by atoms with van der Waals surface area (Å²) >= 11 is 0. The largest absolute Gasteiger partial charge is 0.416 e. The van der Waals surface area contributed by atoms with Crippen molar-refractivity contribution < 1.29 is 27.5 Å². The van der Waals surface area contributed by atoms with E-state index < -0.39 is 17.8 Å². The van der Waals surface area contributed by atoms with Crippen molar-refractivity contribution in [2.45, 2.75) is 39.0 Å². The molecule has 1 aliphatic rings. The molecule has 1 aliphatic heterocycles. The van der Waals surface area contributed by atoms with Crippen molar-refractivity contribution in [2.75, 3.05) is 32.8 Å². The highest BCUT2D eigenvalue weighted by molar-refractivity contribution is 5.97. The Kier molecular flexibility index (Phi) is 8.91. The molecular weight excluding hydrogens is 459 g/mol. The van der Waals surface area contributed by atoms with Gasteiger partial charge in [-0.05, 0) is 42.7 Å². The molecule has 9 heteroatoms. The summed E-state index contributed by atoms with van der Waals surface area (Å²) in [6.45, 7) is 7.97. The maximum atomic E-state index is 13.1. The van der Waals surface area contributed by atoms with E-state index in [4.69, 9.17) is 4.74 Å². The Bertz CT molecular complexity index is 1000. The molecule has 0 radical (unpaired) electrons. The Morgan fingerprint density at radius 1 is 1.06 bits per heavy atom. The summed E-state index contributed by atoms with van der Waals surface area (Å²) < 4.78 is 44.5. The van der Waals surface area contributed by atoms with Gasteiger partial charge in [0.15, 0.2) is 0 Å². The first-order valence-electron chi connectivity index (χ1n) is 11.7. The van der Waals surface area contributed by atoms with Crippen molar-refractivity contribution in [2.24, 2.45) is 5.92 Å². The van der Waals surface area contributed by atoms with E-state index in [-0.39, 0.29) is 30.3 Å². The van der Waals surface area contributed by atoms with E-state index >= 15 is 0 Å². The van der Waals surface area contributed by atoms with Crippen LogP contribution in [0.3, 0.4) is 0 Å². The van der Waals surface area contributed by atoms with Crippen molar-refractivity contribution >= 4 is 11.8 Å². The highest BCUT2D eigenvalue weighted by Gasteiger charge is 2.31. The zero-order valence-corrected chi connectivity index (χ0v) is 20.2. The molecule has 1 saturated heterocycles. The predicted molar refractivity (Wildman–Crippen MR) is 127 cm³/mol. The third-order valence-electron chi connectivity index (χ3n) is 6.09. The fourth-order valence-corrected chi connectivity index (χ4v) is 4.09. The number of hydrogen-bond donors (Lipinski definition) is 2. The number of ether oxygens (including phenoxy) is 1. The zero-order valence-electron chi connectivity index (χ0n) is 20.2. The lowest BCUT2D eigenvalue weighted by atomic mass is 10.0. The lowest BCUT2D eigenvalue weighted by Crippen LogP contribution is -2.52. The summed E-state index contributed by atoms with van der Waals surface area (Å²) in [5, 5.41) is 5.73. The Labute approximate surface area is 203 Å². The SMILES string of the molecule is Cc1cccc(C(=O)NC(C(=O)NCC(c2ccc(C(F)(F)F)cc2)N2CCOCC2)C(C)C)c1. The number of carbonyl (C=O) groups is 2. The minimum Gasteiger partial charge on any atom is -0.379 e. The van der Waals surface area contributed by atoms with Gasteiger partial charge in [0, 0.05) is 25.2 Å². The molecule has 2 aromatic carbocycles. The number of halogens is 3. The van der Waals surface area contributed by atoms with Crippen molar-refractivity contribution in [1.82, 2.24) is 15.5 Å². The van der Waals surface area contributed by atoms with E-state index in [0.717, 1.165) is 17.7 Å². The molecule has 1 heterocycles. The third kappa shape index (κ3) is 7.29. The van der Waals surface area contributed by atoms with Crippen LogP contribution in [0.2, 0.25) is 0 Å². The van der Waals surface area contributed by atoms with E-state index in [2.05, 4.69) is 15.5 Å². The number of benzene rings is 2. The molecule has 2 N–H and O–H groups in total. The van der Waals surface area contributed by atoms with E-state index in [0.29, 0.717) is 37.4 Å². The van der Waals surface area contributed by atoms with Gasteiger partial charge in [-0.1, -0.05) is 43.7 Å². The molecule has 6 nitrogen and oxygen atoms in total. The van der Waals surface area contributed by atoms with Crippen LogP contribution in [0.4, 0.5) is 13.2 Å². The quantitative estimate of drug-likeness (QED) is 0.587. The van der Waals surface area contributed by atoms with E-state index in [9.17, 15) is 22.8 Å². The lowest BCUT2D eigenvalue weighted by molar-refractivity contribution is -0.137. The van der Waals surface area contributed by atoms with E-state index in [1.165, 1.54) is 12.1 Å². The van der Waals surface area contributed by atoms with Crippen LogP contribution in [0.15, 0.2) is 48.5 Å². The standard InChI is InChI=1S/C26H32F3N3O3/c1-17(2)23(31-24(33)20-6-4-5-18(3)15-20)25(34)30-16-22(32-11-13-35-14-12-32)19-7-9-21(10-8-19)26(27,28)29/h4-10,15,17,22-23H,11-14,16H2,1-3H3,(H,30,34)(H,31,33). The van der Waals surface area contributed by atoms with E-state index in [1.807, 2.05) is 26.8 Å². The molecule has 190 valence electrons. The molecule has 0 saturated carbocycles. The number of morpholine rings is 1. The van der Waals surface area contributed by atoms with Gasteiger partial charge in [-0.25, -0.2) is 0 Å². The van der Waals surface area contributed by atoms with Crippen molar-refractivity contribution in [3.63, 3.8) is 0 Å². The highest BCUT2D eigenvalue weighted by atomic mass is 19.4. The first kappa shape index (κ1) is 26.7. The number of alkyl halides is 3. The molecule has 2 amide bonds. The summed E-state index contributed by atoms with van der Waals surface area (Å²) in [4.78, 5) is 27.9. The number of rotatable bonds is 8. The van der Waals surface area contributed by atoms with Crippen LogP contribution in [0.1, 0.15) is 46.9 Å². The van der Waals surface area contributed by atoms with Gasteiger partial charge in [0.25, 0.3) is 5.91 Å². The monoisotopic (exact) mass is 491 g/mol. The molecule has 2 atom stereocenters. The van der Waals surface area contributed by atoms with E-state index in [1.54, 1.807) is 18.2 Å². The number of hydrogen-bond acceptors (Lipinski definition) is 4. The molecule has 3 rings (SSSR count). The van der Waals surface area contributed by atoms with Gasteiger partial charge in [-0.2, -0.15) is 13.2 Å². The topological polar surface area (TPSA) is 70.7 Å². The van der Waals surface area contributed by atoms with Gasteiger partial charge < -0.3 is 15.4 Å². The molecule has 1 fully saturated rings. The highest BCUT2D eigenvalue weighted by Crippen LogP contribution is 2.31. The number of carbonyl (C=O) groups excluding carboxylic acids is 2. The fourth-order valence-electron chi connectivity index (χ4n) is 4.09. The average molecular weight is 492 g/mol. The van der Waals surface area contributed by atoms with Gasteiger partial charge in [0.05, 0.1) is 24.8 Å². The van der Waals surface area contributed by atoms with Gasteiger partial charge in [0.1, 0.15) is 6.04 Å². The molecule has 2 aromatic rings. The smallest absolute Gasteiger partial charge is 0.379 e. The number of nitrogens with zero attached hydrogens (tertiary/aromatic N) is 1. The Hall–Kier alpha value is -2.91. The van der Waals surface area contributed by atoms with Crippen LogP contribution >= 0.6 is 0 Å². The fraction of sp³-hybridized carbons (Fsp3) is 0.462. The van der Waals surface area contributed by atoms with Crippen LogP contribution in [0.25, 0.3) is 0 Å². The summed E-state index contributed by atoms with van der Waals surface area (Å²) in [6.07, 6.45) is -4.42. The van der Waals surface area contributed by atoms with Crippen LogP contribution in [0, 0.1) is 12.8 Å². The van der Waals surface area contributed by atoms with Crippen LogP contribution in [-0.4, -0.2) is 55.6 Å². The molecule has 2 unspecified atom stereocenters.